The highest BCUT2D eigenvalue weighted by atomic mass is 32.1. The highest BCUT2D eigenvalue weighted by Crippen LogP contribution is 2.28. The van der Waals surface area contributed by atoms with Gasteiger partial charge >= 0.3 is 11.9 Å². The molecule has 1 N–H and O–H groups in total. The second-order valence-corrected chi connectivity index (χ2v) is 6.43. The zero-order valence-electron chi connectivity index (χ0n) is 14.4. The van der Waals surface area contributed by atoms with Gasteiger partial charge < -0.3 is 23.6 Å². The molecule has 27 heavy (non-hydrogen) atoms. The molecule has 0 saturated heterocycles. The van der Waals surface area contributed by atoms with Crippen LogP contribution in [0.1, 0.15) is 41.9 Å². The number of hydrogen-bond donors (Lipinski definition) is 1. The summed E-state index contributed by atoms with van der Waals surface area (Å²) in [7, 11) is 1.25. The van der Waals surface area contributed by atoms with Gasteiger partial charge in [0.15, 0.2) is 18.1 Å². The minimum atomic E-state index is -0.594. The molecule has 8 nitrogen and oxygen atoms in total. The first-order valence-electron chi connectivity index (χ1n) is 7.76. The molecule has 3 heterocycles. The summed E-state index contributed by atoms with van der Waals surface area (Å²) in [5, 5.41) is 3.14. The summed E-state index contributed by atoms with van der Waals surface area (Å²) in [6.07, 6.45) is 2.71. The number of carbonyl (C=O) groups excluding carboxylic acids is 3. The smallest absolute Gasteiger partial charge is 0.349 e. The van der Waals surface area contributed by atoms with E-state index in [0.29, 0.717) is 15.4 Å². The van der Waals surface area contributed by atoms with Crippen LogP contribution < -0.4 is 5.32 Å². The number of amides is 1. The third kappa shape index (κ3) is 4.09. The van der Waals surface area contributed by atoms with Gasteiger partial charge in [0.1, 0.15) is 10.4 Å². The van der Waals surface area contributed by atoms with Crippen molar-refractivity contribution in [1.29, 1.82) is 0 Å². The molecule has 0 aromatic carbocycles. The highest BCUT2D eigenvalue weighted by Gasteiger charge is 2.20. The van der Waals surface area contributed by atoms with Gasteiger partial charge in [-0.15, -0.1) is 11.3 Å². The summed E-state index contributed by atoms with van der Waals surface area (Å²) in [5.74, 6) is -1.23. The van der Waals surface area contributed by atoms with Crippen LogP contribution in [0.25, 0.3) is 0 Å². The third-order valence-electron chi connectivity index (χ3n) is 3.57. The van der Waals surface area contributed by atoms with Crippen LogP contribution in [0.5, 0.6) is 0 Å². The first-order valence-corrected chi connectivity index (χ1v) is 8.58. The summed E-state index contributed by atoms with van der Waals surface area (Å²) < 4.78 is 20.0. The molecule has 140 valence electrons. The molecule has 0 atom stereocenters. The fourth-order valence-electron chi connectivity index (χ4n) is 2.27. The van der Waals surface area contributed by atoms with Crippen molar-refractivity contribution in [3.8, 4) is 0 Å². The number of ether oxygens (including phenoxy) is 2. The second-order valence-electron chi connectivity index (χ2n) is 5.38. The molecule has 0 aliphatic carbocycles. The SMILES string of the molecule is COC(=O)c1ccoc1COC(=O)c1sc(NC(=O)c2ccco2)cc1C. The average Bonchev–Trinajstić information content (AvgIpc) is 3.39. The molecule has 3 aromatic heterocycles. The van der Waals surface area contributed by atoms with Crippen molar-refractivity contribution in [1.82, 2.24) is 0 Å². The maximum absolute atomic E-state index is 12.3. The Balaban J connectivity index is 1.65. The van der Waals surface area contributed by atoms with E-state index < -0.39 is 17.8 Å². The van der Waals surface area contributed by atoms with Crippen molar-refractivity contribution in [3.63, 3.8) is 0 Å². The molecule has 3 aromatic rings. The quantitative estimate of drug-likeness (QED) is 0.641. The molecule has 0 fully saturated rings. The summed E-state index contributed by atoms with van der Waals surface area (Å²) in [6, 6.07) is 6.24. The van der Waals surface area contributed by atoms with E-state index in [1.165, 1.54) is 31.8 Å². The third-order valence-corrected chi connectivity index (χ3v) is 4.70. The molecular formula is C18H15NO7S. The Kier molecular flexibility index (Phi) is 5.41. The van der Waals surface area contributed by atoms with Crippen LogP contribution in [0.4, 0.5) is 5.00 Å². The molecule has 0 unspecified atom stereocenters. The summed E-state index contributed by atoms with van der Waals surface area (Å²) in [6.45, 7) is 1.50. The zero-order chi connectivity index (χ0) is 19.4. The lowest BCUT2D eigenvalue weighted by atomic mass is 10.2. The lowest BCUT2D eigenvalue weighted by Crippen LogP contribution is -2.09. The van der Waals surface area contributed by atoms with Crippen LogP contribution in [0.3, 0.4) is 0 Å². The van der Waals surface area contributed by atoms with Crippen molar-refractivity contribution in [2.24, 2.45) is 0 Å². The van der Waals surface area contributed by atoms with Gasteiger partial charge in [-0.2, -0.15) is 0 Å². The number of esters is 2. The predicted octanol–water partition coefficient (Wildman–Crippen LogP) is 3.64. The van der Waals surface area contributed by atoms with Gasteiger partial charge in [-0.1, -0.05) is 0 Å². The van der Waals surface area contributed by atoms with E-state index in [-0.39, 0.29) is 23.7 Å². The van der Waals surface area contributed by atoms with Gasteiger partial charge in [0, 0.05) is 0 Å². The number of hydrogen-bond acceptors (Lipinski definition) is 8. The summed E-state index contributed by atoms with van der Waals surface area (Å²) >= 11 is 1.08. The minimum Gasteiger partial charge on any atom is -0.465 e. The standard InChI is InChI=1S/C18H15NO7S/c1-10-8-14(19-16(20)12-4-3-6-24-12)27-15(10)18(22)26-9-13-11(5-7-25-13)17(21)23-2/h3-8H,9H2,1-2H3,(H,19,20). The number of aryl methyl sites for hydroxylation is 1. The Hall–Kier alpha value is -3.33. The number of anilines is 1. The number of carbonyl (C=O) groups is 3. The van der Waals surface area contributed by atoms with E-state index in [2.05, 4.69) is 10.1 Å². The molecule has 0 saturated carbocycles. The van der Waals surface area contributed by atoms with E-state index in [1.54, 1.807) is 19.1 Å². The number of thiophene rings is 1. The van der Waals surface area contributed by atoms with E-state index in [9.17, 15) is 14.4 Å². The molecule has 0 radical (unpaired) electrons. The Morgan fingerprint density at radius 2 is 1.96 bits per heavy atom. The first kappa shape index (κ1) is 18.5. The Labute approximate surface area is 157 Å². The van der Waals surface area contributed by atoms with Crippen LogP contribution in [-0.4, -0.2) is 25.0 Å². The van der Waals surface area contributed by atoms with E-state index in [1.807, 2.05) is 0 Å². The Morgan fingerprint density at radius 3 is 2.67 bits per heavy atom. The Morgan fingerprint density at radius 1 is 1.15 bits per heavy atom. The average molecular weight is 389 g/mol. The van der Waals surface area contributed by atoms with Gasteiger partial charge in [-0.3, -0.25) is 4.79 Å². The molecule has 0 aliphatic rings. The van der Waals surface area contributed by atoms with Crippen molar-refractivity contribution in [3.05, 3.63) is 64.3 Å². The topological polar surface area (TPSA) is 108 Å². The molecule has 0 spiro atoms. The zero-order valence-corrected chi connectivity index (χ0v) is 15.3. The summed E-state index contributed by atoms with van der Waals surface area (Å²) in [5.41, 5.74) is 0.840. The number of rotatable bonds is 6. The fourth-order valence-corrected chi connectivity index (χ4v) is 3.23. The fraction of sp³-hybridized carbons (Fsp3) is 0.167. The highest BCUT2D eigenvalue weighted by molar-refractivity contribution is 7.18. The molecule has 0 bridgehead atoms. The van der Waals surface area contributed by atoms with Crippen LogP contribution in [-0.2, 0) is 16.1 Å². The molecule has 1 amide bonds. The number of furan rings is 2. The van der Waals surface area contributed by atoms with Crippen molar-refractivity contribution in [2.75, 3.05) is 12.4 Å². The van der Waals surface area contributed by atoms with Gasteiger partial charge in [-0.25, -0.2) is 9.59 Å². The van der Waals surface area contributed by atoms with Crippen molar-refractivity contribution in [2.45, 2.75) is 13.5 Å². The maximum Gasteiger partial charge on any atom is 0.349 e. The van der Waals surface area contributed by atoms with Crippen LogP contribution in [0.2, 0.25) is 0 Å². The number of nitrogens with one attached hydrogen (secondary N) is 1. The lowest BCUT2D eigenvalue weighted by Gasteiger charge is -2.04. The van der Waals surface area contributed by atoms with Crippen LogP contribution in [0, 0.1) is 6.92 Å². The Bertz CT molecular complexity index is 968. The van der Waals surface area contributed by atoms with Crippen LogP contribution >= 0.6 is 11.3 Å². The van der Waals surface area contributed by atoms with E-state index in [0.717, 1.165) is 11.3 Å². The van der Waals surface area contributed by atoms with Crippen LogP contribution in [0.15, 0.2) is 45.6 Å². The van der Waals surface area contributed by atoms with Gasteiger partial charge in [0.05, 0.1) is 24.6 Å². The largest absolute Gasteiger partial charge is 0.465 e. The van der Waals surface area contributed by atoms with E-state index >= 15 is 0 Å². The van der Waals surface area contributed by atoms with Gasteiger partial charge in [0.2, 0.25) is 0 Å². The lowest BCUT2D eigenvalue weighted by molar-refractivity contribution is 0.0437. The minimum absolute atomic E-state index is 0.165. The monoisotopic (exact) mass is 389 g/mol. The van der Waals surface area contributed by atoms with E-state index in [4.69, 9.17) is 13.6 Å². The maximum atomic E-state index is 12.3. The summed E-state index contributed by atoms with van der Waals surface area (Å²) in [4.78, 5) is 36.3. The molecule has 0 aliphatic heterocycles. The van der Waals surface area contributed by atoms with Gasteiger partial charge in [0.25, 0.3) is 5.91 Å². The second kappa shape index (κ2) is 7.92. The molecular weight excluding hydrogens is 374 g/mol. The van der Waals surface area contributed by atoms with Gasteiger partial charge in [-0.05, 0) is 36.8 Å². The first-order chi connectivity index (χ1) is 13.0. The molecule has 3 rings (SSSR count). The normalized spacial score (nSPS) is 10.4. The van der Waals surface area contributed by atoms with Crippen molar-refractivity contribution >= 4 is 34.2 Å². The predicted molar refractivity (Wildman–Crippen MR) is 94.9 cm³/mol. The molecule has 9 heteroatoms. The number of methoxy groups -OCH3 is 1. The van der Waals surface area contributed by atoms with Crippen molar-refractivity contribution < 1.29 is 32.7 Å².